The zero-order valence-corrected chi connectivity index (χ0v) is 19.0. The van der Waals surface area contributed by atoms with Crippen molar-refractivity contribution in [2.75, 3.05) is 6.79 Å². The third kappa shape index (κ3) is 2.78. The van der Waals surface area contributed by atoms with Crippen LogP contribution in [0.4, 0.5) is 0 Å². The van der Waals surface area contributed by atoms with Crippen LogP contribution in [0.15, 0.2) is 35.1 Å². The first-order valence-corrected chi connectivity index (χ1v) is 11.5. The number of benzene rings is 1. The SMILES string of the molecule is C/C=C/[C@@]1(O)C(=O)OCc2c1cc1n(c2=O)Cc2c-1nc1cc3c(cc1c2CCCC)OCO3. The Morgan fingerprint density at radius 3 is 2.71 bits per heavy atom. The van der Waals surface area contributed by atoms with Crippen LogP contribution in [0.2, 0.25) is 0 Å². The molecule has 0 aliphatic carbocycles. The molecule has 0 radical (unpaired) electrons. The molecule has 0 saturated carbocycles. The van der Waals surface area contributed by atoms with E-state index in [4.69, 9.17) is 19.2 Å². The third-order valence-electron chi connectivity index (χ3n) is 6.92. The van der Waals surface area contributed by atoms with Crippen LogP contribution in [0.1, 0.15) is 48.9 Å². The highest BCUT2D eigenvalue weighted by atomic mass is 16.7. The van der Waals surface area contributed by atoms with Gasteiger partial charge in [0, 0.05) is 22.6 Å². The molecule has 0 fully saturated rings. The average molecular weight is 460 g/mol. The molecule has 3 aromatic rings. The molecule has 2 aromatic heterocycles. The highest BCUT2D eigenvalue weighted by molar-refractivity contribution is 5.91. The number of esters is 1. The van der Waals surface area contributed by atoms with Crippen LogP contribution >= 0.6 is 0 Å². The topological polar surface area (TPSA) is 99.9 Å². The van der Waals surface area contributed by atoms with E-state index < -0.39 is 11.6 Å². The Labute approximate surface area is 195 Å². The zero-order valence-electron chi connectivity index (χ0n) is 19.0. The molecule has 1 aromatic carbocycles. The fourth-order valence-corrected chi connectivity index (χ4v) is 5.22. The molecule has 0 saturated heterocycles. The molecule has 1 N–H and O–H groups in total. The summed E-state index contributed by atoms with van der Waals surface area (Å²) >= 11 is 0. The van der Waals surface area contributed by atoms with Crippen LogP contribution in [0.25, 0.3) is 22.3 Å². The number of unbranched alkanes of at least 4 members (excludes halogenated alkanes) is 1. The van der Waals surface area contributed by atoms with Crippen molar-refractivity contribution in [1.82, 2.24) is 9.55 Å². The van der Waals surface area contributed by atoms with Crippen molar-refractivity contribution in [3.05, 3.63) is 63.0 Å². The molecule has 8 nitrogen and oxygen atoms in total. The first-order chi connectivity index (χ1) is 16.5. The Bertz CT molecular complexity index is 1470. The van der Waals surface area contributed by atoms with Gasteiger partial charge in [-0.1, -0.05) is 19.4 Å². The number of nitrogens with zero attached hydrogens (tertiary/aromatic N) is 2. The molecular formula is C26H24N2O6. The lowest BCUT2D eigenvalue weighted by molar-refractivity contribution is -0.166. The molecule has 0 spiro atoms. The summed E-state index contributed by atoms with van der Waals surface area (Å²) < 4.78 is 18.0. The first-order valence-electron chi connectivity index (χ1n) is 11.5. The quantitative estimate of drug-likeness (QED) is 0.368. The molecule has 174 valence electrons. The van der Waals surface area contributed by atoms with Gasteiger partial charge in [-0.05, 0) is 43.5 Å². The molecule has 0 amide bonds. The van der Waals surface area contributed by atoms with Crippen molar-refractivity contribution < 1.29 is 24.1 Å². The van der Waals surface area contributed by atoms with Crippen molar-refractivity contribution in [2.45, 2.75) is 51.9 Å². The summed E-state index contributed by atoms with van der Waals surface area (Å²) in [5.41, 5.74) is 2.43. The van der Waals surface area contributed by atoms with Gasteiger partial charge in [0.05, 0.1) is 29.0 Å². The predicted molar refractivity (Wildman–Crippen MR) is 124 cm³/mol. The number of rotatable bonds is 4. The number of hydrogen-bond donors (Lipinski definition) is 1. The lowest BCUT2D eigenvalue weighted by Crippen LogP contribution is -2.43. The number of pyridine rings is 2. The lowest BCUT2D eigenvalue weighted by Gasteiger charge is -2.30. The van der Waals surface area contributed by atoms with Crippen LogP contribution < -0.4 is 15.0 Å². The van der Waals surface area contributed by atoms with Gasteiger partial charge in [0.25, 0.3) is 5.56 Å². The lowest BCUT2D eigenvalue weighted by atomic mass is 9.87. The summed E-state index contributed by atoms with van der Waals surface area (Å²) in [6.07, 6.45) is 5.79. The number of ether oxygens (including phenoxy) is 3. The Balaban J connectivity index is 1.63. The fraction of sp³-hybridized carbons (Fsp3) is 0.346. The number of aryl methyl sites for hydroxylation is 1. The summed E-state index contributed by atoms with van der Waals surface area (Å²) in [6, 6.07) is 5.57. The second-order valence-corrected chi connectivity index (χ2v) is 8.90. The normalized spacial score (nSPS) is 19.9. The van der Waals surface area contributed by atoms with Crippen molar-refractivity contribution >= 4 is 16.9 Å². The summed E-state index contributed by atoms with van der Waals surface area (Å²) in [5, 5.41) is 12.2. The number of fused-ring (bicyclic) bond motifs is 6. The summed E-state index contributed by atoms with van der Waals surface area (Å²) in [5.74, 6) is 0.554. The van der Waals surface area contributed by atoms with E-state index in [9.17, 15) is 14.7 Å². The smallest absolute Gasteiger partial charge is 0.347 e. The first kappa shape index (κ1) is 20.9. The van der Waals surface area contributed by atoms with E-state index in [0.717, 1.165) is 41.3 Å². The monoisotopic (exact) mass is 460 g/mol. The van der Waals surface area contributed by atoms with Crippen LogP contribution in [-0.2, 0) is 34.7 Å². The van der Waals surface area contributed by atoms with E-state index in [-0.39, 0.29) is 30.1 Å². The molecule has 3 aliphatic rings. The average Bonchev–Trinajstić information content (AvgIpc) is 3.43. The number of allylic oxidation sites excluding steroid dienone is 1. The number of carbonyl (C=O) groups excluding carboxylic acids is 1. The van der Waals surface area contributed by atoms with Crippen molar-refractivity contribution in [1.29, 1.82) is 0 Å². The Morgan fingerprint density at radius 2 is 1.94 bits per heavy atom. The Kier molecular flexibility index (Phi) is 4.57. The maximum absolute atomic E-state index is 13.5. The van der Waals surface area contributed by atoms with Gasteiger partial charge in [0.2, 0.25) is 12.4 Å². The molecule has 8 heteroatoms. The van der Waals surface area contributed by atoms with Gasteiger partial charge in [-0.25, -0.2) is 9.78 Å². The molecule has 1 atom stereocenters. The van der Waals surface area contributed by atoms with Gasteiger partial charge in [0.15, 0.2) is 11.5 Å². The second-order valence-electron chi connectivity index (χ2n) is 8.90. The van der Waals surface area contributed by atoms with E-state index in [0.29, 0.717) is 29.4 Å². The number of aliphatic hydroxyl groups is 1. The standard InChI is InChI=1S/C26H24N2O6/c1-3-5-6-14-15-8-21-22(34-13-33-21)10-19(15)27-23-16(14)11-28-20(23)9-18-17(24(28)29)12-32-25(30)26(18,31)7-4-2/h4,7-10,31H,3,5-6,11-13H2,1-2H3/b7-4+/t26-/m0/s1. The maximum Gasteiger partial charge on any atom is 0.347 e. The van der Waals surface area contributed by atoms with Crippen molar-refractivity contribution in [3.63, 3.8) is 0 Å². The Hall–Kier alpha value is -3.65. The van der Waals surface area contributed by atoms with E-state index in [1.165, 1.54) is 6.08 Å². The molecule has 0 bridgehead atoms. The fourth-order valence-electron chi connectivity index (χ4n) is 5.22. The molecule has 3 aliphatic heterocycles. The largest absolute Gasteiger partial charge is 0.458 e. The van der Waals surface area contributed by atoms with Crippen LogP contribution in [0.3, 0.4) is 0 Å². The Morgan fingerprint density at radius 1 is 1.15 bits per heavy atom. The van der Waals surface area contributed by atoms with Gasteiger partial charge in [-0.15, -0.1) is 0 Å². The summed E-state index contributed by atoms with van der Waals surface area (Å²) in [7, 11) is 0. The molecule has 34 heavy (non-hydrogen) atoms. The maximum atomic E-state index is 13.5. The van der Waals surface area contributed by atoms with Gasteiger partial charge >= 0.3 is 5.97 Å². The molecule has 6 rings (SSSR count). The summed E-state index contributed by atoms with van der Waals surface area (Å²) in [4.78, 5) is 31.0. The minimum Gasteiger partial charge on any atom is -0.458 e. The van der Waals surface area contributed by atoms with Crippen LogP contribution in [-0.4, -0.2) is 27.4 Å². The highest BCUT2D eigenvalue weighted by Gasteiger charge is 2.45. The number of cyclic esters (lactones) is 1. The minimum atomic E-state index is -2.01. The van der Waals surface area contributed by atoms with Gasteiger partial charge in [-0.3, -0.25) is 4.79 Å². The molecule has 5 heterocycles. The minimum absolute atomic E-state index is 0.164. The molecular weight excluding hydrogens is 436 g/mol. The van der Waals surface area contributed by atoms with Crippen molar-refractivity contribution in [3.8, 4) is 22.9 Å². The predicted octanol–water partition coefficient (Wildman–Crippen LogP) is 3.32. The summed E-state index contributed by atoms with van der Waals surface area (Å²) in [6.45, 7) is 4.24. The number of aromatic nitrogens is 2. The van der Waals surface area contributed by atoms with Crippen molar-refractivity contribution in [2.24, 2.45) is 0 Å². The second kappa shape index (κ2) is 7.43. The van der Waals surface area contributed by atoms with E-state index >= 15 is 0 Å². The van der Waals surface area contributed by atoms with E-state index in [1.54, 1.807) is 23.6 Å². The molecule has 0 unspecified atom stereocenters. The van der Waals surface area contributed by atoms with Gasteiger partial charge < -0.3 is 23.9 Å². The number of carbonyl (C=O) groups is 1. The van der Waals surface area contributed by atoms with E-state index in [2.05, 4.69) is 6.92 Å². The van der Waals surface area contributed by atoms with Gasteiger partial charge in [-0.2, -0.15) is 0 Å². The van der Waals surface area contributed by atoms with Crippen LogP contribution in [0, 0.1) is 0 Å². The van der Waals surface area contributed by atoms with E-state index in [1.807, 2.05) is 12.1 Å². The van der Waals surface area contributed by atoms with Gasteiger partial charge in [0.1, 0.15) is 6.61 Å². The van der Waals surface area contributed by atoms with Crippen LogP contribution in [0.5, 0.6) is 11.5 Å². The highest BCUT2D eigenvalue weighted by Crippen LogP contribution is 2.43. The zero-order chi connectivity index (χ0) is 23.6. The third-order valence-corrected chi connectivity index (χ3v) is 6.92. The number of hydrogen-bond acceptors (Lipinski definition) is 7.